The second kappa shape index (κ2) is 8.35. The molecule has 2 aromatic rings. The van der Waals surface area contributed by atoms with E-state index in [0.717, 1.165) is 0 Å². The Kier molecular flexibility index (Phi) is 6.19. The normalized spacial score (nSPS) is 12.2. The van der Waals surface area contributed by atoms with Gasteiger partial charge in [0.25, 0.3) is 0 Å². The molecule has 0 saturated carbocycles. The van der Waals surface area contributed by atoms with Crippen LogP contribution < -0.4 is 11.1 Å². The summed E-state index contributed by atoms with van der Waals surface area (Å²) in [5, 5.41) is 2.88. The molecule has 0 spiro atoms. The second-order valence-electron chi connectivity index (χ2n) is 6.18. The van der Waals surface area contributed by atoms with Crippen LogP contribution in [0.2, 0.25) is 0 Å². The lowest BCUT2D eigenvalue weighted by molar-refractivity contribution is -0.121. The minimum atomic E-state index is -1.18. The van der Waals surface area contributed by atoms with E-state index in [1.165, 1.54) is 0 Å². The molecule has 0 aliphatic rings. The highest BCUT2D eigenvalue weighted by Gasteiger charge is 2.33. The van der Waals surface area contributed by atoms with Gasteiger partial charge in [0.15, 0.2) is 11.6 Å². The van der Waals surface area contributed by atoms with Crippen molar-refractivity contribution in [3.05, 3.63) is 71.8 Å². The molecule has 2 aromatic carbocycles. The standard InChI is InChI=1S/C20H22N2O3/c1-13(2)16(20(21)25)22-17(18(23)14-9-5-3-6-10-14)19(24)15-11-7-4-8-12-15/h3-13,16-17,22H,1-2H3,(H2,21,25). The third-order valence-electron chi connectivity index (χ3n) is 3.96. The van der Waals surface area contributed by atoms with Gasteiger partial charge in [-0.15, -0.1) is 0 Å². The third-order valence-corrected chi connectivity index (χ3v) is 3.96. The lowest BCUT2D eigenvalue weighted by Gasteiger charge is -2.25. The first kappa shape index (κ1) is 18.5. The lowest BCUT2D eigenvalue weighted by atomic mass is 9.93. The van der Waals surface area contributed by atoms with Gasteiger partial charge >= 0.3 is 0 Å². The van der Waals surface area contributed by atoms with Gasteiger partial charge in [0, 0.05) is 11.1 Å². The van der Waals surface area contributed by atoms with Crippen LogP contribution in [-0.2, 0) is 4.79 Å². The monoisotopic (exact) mass is 338 g/mol. The zero-order chi connectivity index (χ0) is 18.4. The van der Waals surface area contributed by atoms with E-state index in [4.69, 9.17) is 5.73 Å². The molecule has 2 rings (SSSR count). The molecule has 1 unspecified atom stereocenters. The molecule has 5 heteroatoms. The number of amides is 1. The number of carbonyl (C=O) groups excluding carboxylic acids is 3. The first-order valence-corrected chi connectivity index (χ1v) is 8.15. The van der Waals surface area contributed by atoms with E-state index in [1.54, 1.807) is 74.5 Å². The van der Waals surface area contributed by atoms with Crippen LogP contribution in [0.1, 0.15) is 34.6 Å². The predicted octanol–water partition coefficient (Wildman–Crippen LogP) is 2.22. The summed E-state index contributed by atoms with van der Waals surface area (Å²) >= 11 is 0. The molecule has 0 aliphatic heterocycles. The topological polar surface area (TPSA) is 89.3 Å². The van der Waals surface area contributed by atoms with Gasteiger partial charge in [-0.2, -0.15) is 0 Å². The van der Waals surface area contributed by atoms with Crippen LogP contribution in [0, 0.1) is 5.92 Å². The van der Waals surface area contributed by atoms with Crippen molar-refractivity contribution in [1.29, 1.82) is 0 Å². The van der Waals surface area contributed by atoms with Crippen LogP contribution in [0.25, 0.3) is 0 Å². The van der Waals surface area contributed by atoms with Crippen LogP contribution in [0.5, 0.6) is 0 Å². The quantitative estimate of drug-likeness (QED) is 0.570. The number of benzene rings is 2. The Bertz CT molecular complexity index is 691. The minimum absolute atomic E-state index is 0.160. The summed E-state index contributed by atoms with van der Waals surface area (Å²) in [5.74, 6) is -1.53. The fourth-order valence-corrected chi connectivity index (χ4v) is 2.59. The Hall–Kier alpha value is -2.79. The fourth-order valence-electron chi connectivity index (χ4n) is 2.59. The average Bonchev–Trinajstić information content (AvgIpc) is 2.62. The lowest BCUT2D eigenvalue weighted by Crippen LogP contribution is -2.55. The molecule has 0 radical (unpaired) electrons. The summed E-state index contributed by atoms with van der Waals surface area (Å²) < 4.78 is 0. The van der Waals surface area contributed by atoms with E-state index in [2.05, 4.69) is 5.32 Å². The predicted molar refractivity (Wildman–Crippen MR) is 96.3 cm³/mol. The van der Waals surface area contributed by atoms with Gasteiger partial charge in [-0.05, 0) is 5.92 Å². The number of hydrogen-bond acceptors (Lipinski definition) is 4. The molecule has 1 atom stereocenters. The molecule has 3 N–H and O–H groups in total. The Morgan fingerprint density at radius 2 is 1.20 bits per heavy atom. The second-order valence-corrected chi connectivity index (χ2v) is 6.18. The van der Waals surface area contributed by atoms with Crippen molar-refractivity contribution in [3.63, 3.8) is 0 Å². The van der Waals surface area contributed by atoms with E-state index in [0.29, 0.717) is 11.1 Å². The number of hydrogen-bond donors (Lipinski definition) is 2. The van der Waals surface area contributed by atoms with E-state index < -0.39 is 18.0 Å². The first-order chi connectivity index (χ1) is 11.9. The number of nitrogens with two attached hydrogens (primary N) is 1. The number of carbonyl (C=O) groups is 3. The number of nitrogens with one attached hydrogen (secondary N) is 1. The van der Waals surface area contributed by atoms with Gasteiger partial charge in [-0.25, -0.2) is 0 Å². The smallest absolute Gasteiger partial charge is 0.234 e. The van der Waals surface area contributed by atoms with Crippen molar-refractivity contribution < 1.29 is 14.4 Å². The molecule has 25 heavy (non-hydrogen) atoms. The van der Waals surface area contributed by atoms with Crippen molar-refractivity contribution >= 4 is 17.5 Å². The van der Waals surface area contributed by atoms with Crippen molar-refractivity contribution in [2.24, 2.45) is 11.7 Å². The Labute approximate surface area is 147 Å². The van der Waals surface area contributed by atoms with E-state index >= 15 is 0 Å². The SMILES string of the molecule is CC(C)C(NC(C(=O)c1ccccc1)C(=O)c1ccccc1)C(N)=O. The van der Waals surface area contributed by atoms with Gasteiger partial charge in [0.1, 0.15) is 6.04 Å². The van der Waals surface area contributed by atoms with Gasteiger partial charge < -0.3 is 5.73 Å². The molecule has 0 aromatic heterocycles. The zero-order valence-electron chi connectivity index (χ0n) is 14.3. The van der Waals surface area contributed by atoms with Gasteiger partial charge in [-0.1, -0.05) is 74.5 Å². The van der Waals surface area contributed by atoms with Crippen molar-refractivity contribution in [1.82, 2.24) is 5.32 Å². The molecule has 0 heterocycles. The van der Waals surface area contributed by atoms with E-state index in [1.807, 2.05) is 0 Å². The van der Waals surface area contributed by atoms with Crippen LogP contribution in [0.3, 0.4) is 0 Å². The number of Topliss-reactive ketones (excluding diaryl/α,β-unsaturated/α-hetero) is 2. The zero-order valence-corrected chi connectivity index (χ0v) is 14.3. The summed E-state index contributed by atoms with van der Waals surface area (Å²) in [6.07, 6.45) is 0. The van der Waals surface area contributed by atoms with Crippen LogP contribution in [0.15, 0.2) is 60.7 Å². The molecule has 130 valence electrons. The molecular weight excluding hydrogens is 316 g/mol. The van der Waals surface area contributed by atoms with Gasteiger partial charge in [-0.3, -0.25) is 19.7 Å². The summed E-state index contributed by atoms with van der Waals surface area (Å²) in [5.41, 5.74) is 6.24. The highest BCUT2D eigenvalue weighted by atomic mass is 16.2. The van der Waals surface area contributed by atoms with Crippen molar-refractivity contribution in [2.45, 2.75) is 25.9 Å². The van der Waals surface area contributed by atoms with E-state index in [-0.39, 0.29) is 17.5 Å². The summed E-state index contributed by atoms with van der Waals surface area (Å²) in [7, 11) is 0. The van der Waals surface area contributed by atoms with Crippen LogP contribution in [0.4, 0.5) is 0 Å². The Balaban J connectivity index is 2.39. The maximum absolute atomic E-state index is 12.9. The highest BCUT2D eigenvalue weighted by molar-refractivity contribution is 6.19. The average molecular weight is 338 g/mol. The maximum Gasteiger partial charge on any atom is 0.234 e. The highest BCUT2D eigenvalue weighted by Crippen LogP contribution is 2.13. The molecule has 0 saturated heterocycles. The molecule has 0 fully saturated rings. The summed E-state index contributed by atoms with van der Waals surface area (Å²) in [6, 6.07) is 15.1. The van der Waals surface area contributed by atoms with Crippen LogP contribution >= 0.6 is 0 Å². The molecule has 5 nitrogen and oxygen atoms in total. The largest absolute Gasteiger partial charge is 0.368 e. The maximum atomic E-state index is 12.9. The van der Waals surface area contributed by atoms with Crippen molar-refractivity contribution in [3.8, 4) is 0 Å². The van der Waals surface area contributed by atoms with Gasteiger partial charge in [0.05, 0.1) is 6.04 Å². The van der Waals surface area contributed by atoms with Crippen LogP contribution in [-0.4, -0.2) is 29.6 Å². The molecule has 1 amide bonds. The van der Waals surface area contributed by atoms with Crippen molar-refractivity contribution in [2.75, 3.05) is 0 Å². The fraction of sp³-hybridized carbons (Fsp3) is 0.250. The third kappa shape index (κ3) is 4.61. The van der Waals surface area contributed by atoms with Gasteiger partial charge in [0.2, 0.25) is 5.91 Å². The molecule has 0 bridgehead atoms. The molecule has 0 aliphatic carbocycles. The minimum Gasteiger partial charge on any atom is -0.368 e. The molecular formula is C20H22N2O3. The Morgan fingerprint density at radius 1 is 0.800 bits per heavy atom. The number of ketones is 2. The summed E-state index contributed by atoms with van der Waals surface area (Å²) in [6.45, 7) is 3.61. The Morgan fingerprint density at radius 3 is 1.52 bits per heavy atom. The van der Waals surface area contributed by atoms with E-state index in [9.17, 15) is 14.4 Å². The first-order valence-electron chi connectivity index (χ1n) is 8.15. The number of rotatable bonds is 8. The number of primary amides is 1. The summed E-state index contributed by atoms with van der Waals surface area (Å²) in [4.78, 5) is 37.5.